The fraction of sp³-hybridized carbons (Fsp3) is 0.364. The summed E-state index contributed by atoms with van der Waals surface area (Å²) in [4.78, 5) is 24.8. The van der Waals surface area contributed by atoms with Crippen molar-refractivity contribution in [3.05, 3.63) is 78.2 Å². The van der Waals surface area contributed by atoms with E-state index in [0.29, 0.717) is 35.5 Å². The van der Waals surface area contributed by atoms with E-state index in [1.807, 2.05) is 35.9 Å². The Morgan fingerprint density at radius 1 is 1.02 bits per heavy atom. The fourth-order valence-corrected chi connectivity index (χ4v) is 5.62. The molecule has 1 saturated carbocycles. The van der Waals surface area contributed by atoms with E-state index in [0.717, 1.165) is 36.3 Å². The molecule has 1 fully saturated rings. The summed E-state index contributed by atoms with van der Waals surface area (Å²) in [6.07, 6.45) is 6.43. The van der Waals surface area contributed by atoms with Crippen LogP contribution in [0.15, 0.2) is 67.0 Å². The second-order valence-electron chi connectivity index (χ2n) is 12.2. The zero-order chi connectivity index (χ0) is 30.8. The summed E-state index contributed by atoms with van der Waals surface area (Å²) < 4.78 is 16.6. The summed E-state index contributed by atoms with van der Waals surface area (Å²) in [5.74, 6) is 2.62. The molecule has 1 amide bonds. The minimum absolute atomic E-state index is 0.0946. The number of hydrogen-bond donors (Lipinski definition) is 2. The van der Waals surface area contributed by atoms with Crippen molar-refractivity contribution in [2.45, 2.75) is 71.1 Å². The third-order valence-electron chi connectivity index (χ3n) is 7.77. The van der Waals surface area contributed by atoms with Crippen LogP contribution < -0.4 is 15.4 Å². The topological polar surface area (TPSA) is 121 Å². The molecule has 2 atom stereocenters. The molecule has 0 aliphatic heterocycles. The smallest absolute Gasteiger partial charge is 0.222 e. The quantitative estimate of drug-likeness (QED) is 0.194. The lowest BCUT2D eigenvalue weighted by Gasteiger charge is -2.27. The SMILES string of the molecule is CC(=O)Nc1cc(Oc2cnc3nc(Nc4cc(C(C)(C)C)n([C@H]5CCC[C@H]5OCc5ccccc5)n4)n(C)c3c2)ccn1. The lowest BCUT2D eigenvalue weighted by atomic mass is 9.91. The molecule has 0 saturated heterocycles. The second kappa shape index (κ2) is 12.1. The van der Waals surface area contributed by atoms with Crippen LogP contribution in [0.4, 0.5) is 17.6 Å². The Kier molecular flexibility index (Phi) is 8.05. The maximum atomic E-state index is 11.4. The number of pyridine rings is 2. The molecule has 0 spiro atoms. The van der Waals surface area contributed by atoms with Crippen molar-refractivity contribution in [1.29, 1.82) is 0 Å². The molecule has 4 aromatic heterocycles. The van der Waals surface area contributed by atoms with Gasteiger partial charge in [-0.2, -0.15) is 10.1 Å². The minimum atomic E-state index is -0.202. The van der Waals surface area contributed by atoms with Gasteiger partial charge in [0.05, 0.1) is 30.5 Å². The van der Waals surface area contributed by atoms with Crippen LogP contribution in [-0.2, 0) is 28.6 Å². The summed E-state index contributed by atoms with van der Waals surface area (Å²) in [5, 5.41) is 11.2. The standard InChI is InChI=1S/C33H38N8O3/c1-21(42)36-29-17-23(14-15-34-29)44-24-16-26-31(35-19-24)38-32(40(26)5)37-30-18-28(33(2,3)4)41(39-30)25-12-9-13-27(25)43-20-22-10-7-6-8-11-22/h6-8,10-11,14-19,25,27H,9,12-13,20H2,1-5H3,(H,34,36,42)(H,35,37,38,39)/t25-,27+/m0/s1. The number of imidazole rings is 1. The molecule has 0 radical (unpaired) electrons. The Morgan fingerprint density at radius 3 is 2.61 bits per heavy atom. The molecule has 6 rings (SSSR count). The van der Waals surface area contributed by atoms with E-state index in [-0.39, 0.29) is 23.5 Å². The highest BCUT2D eigenvalue weighted by Crippen LogP contribution is 2.38. The summed E-state index contributed by atoms with van der Waals surface area (Å²) in [6.45, 7) is 8.66. The summed E-state index contributed by atoms with van der Waals surface area (Å²) >= 11 is 0. The number of amides is 1. The number of nitrogens with zero attached hydrogens (tertiary/aromatic N) is 6. The van der Waals surface area contributed by atoms with Crippen molar-refractivity contribution in [2.24, 2.45) is 7.05 Å². The summed E-state index contributed by atoms with van der Waals surface area (Å²) in [6, 6.07) is 17.9. The van der Waals surface area contributed by atoms with Gasteiger partial charge in [0.2, 0.25) is 11.9 Å². The van der Waals surface area contributed by atoms with Crippen molar-refractivity contribution in [3.63, 3.8) is 0 Å². The molecule has 1 aliphatic rings. The minimum Gasteiger partial charge on any atom is -0.455 e. The zero-order valence-electron chi connectivity index (χ0n) is 25.7. The maximum absolute atomic E-state index is 11.4. The fourth-order valence-electron chi connectivity index (χ4n) is 5.62. The van der Waals surface area contributed by atoms with Crippen LogP contribution >= 0.6 is 0 Å². The number of carbonyl (C=O) groups excluding carboxylic acids is 1. The highest BCUT2D eigenvalue weighted by atomic mass is 16.5. The number of nitrogens with one attached hydrogen (secondary N) is 2. The maximum Gasteiger partial charge on any atom is 0.222 e. The monoisotopic (exact) mass is 594 g/mol. The predicted molar refractivity (Wildman–Crippen MR) is 169 cm³/mol. The molecule has 44 heavy (non-hydrogen) atoms. The zero-order valence-corrected chi connectivity index (χ0v) is 25.7. The van der Waals surface area contributed by atoms with Gasteiger partial charge in [0.15, 0.2) is 11.5 Å². The first-order valence-corrected chi connectivity index (χ1v) is 14.9. The molecule has 11 nitrogen and oxygen atoms in total. The van der Waals surface area contributed by atoms with Crippen LogP contribution in [0.3, 0.4) is 0 Å². The number of ether oxygens (including phenoxy) is 2. The molecule has 4 heterocycles. The lowest BCUT2D eigenvalue weighted by Crippen LogP contribution is -2.28. The Balaban J connectivity index is 1.23. The van der Waals surface area contributed by atoms with Crippen LogP contribution in [0.5, 0.6) is 11.5 Å². The molecule has 0 unspecified atom stereocenters. The van der Waals surface area contributed by atoms with Crippen molar-refractivity contribution in [3.8, 4) is 11.5 Å². The van der Waals surface area contributed by atoms with E-state index < -0.39 is 0 Å². The Bertz CT molecular complexity index is 1770. The first-order chi connectivity index (χ1) is 21.1. The first kappa shape index (κ1) is 29.3. The molecule has 2 N–H and O–H groups in total. The van der Waals surface area contributed by atoms with Gasteiger partial charge in [0.25, 0.3) is 0 Å². The number of hydrogen-bond acceptors (Lipinski definition) is 8. The third-order valence-corrected chi connectivity index (χ3v) is 7.77. The van der Waals surface area contributed by atoms with Crippen molar-refractivity contribution in [2.75, 3.05) is 10.6 Å². The van der Waals surface area contributed by atoms with Crippen LogP contribution in [0.1, 0.15) is 64.3 Å². The van der Waals surface area contributed by atoms with Gasteiger partial charge >= 0.3 is 0 Å². The van der Waals surface area contributed by atoms with Crippen molar-refractivity contribution in [1.82, 2.24) is 29.3 Å². The van der Waals surface area contributed by atoms with Crippen LogP contribution in [-0.4, -0.2) is 41.3 Å². The van der Waals surface area contributed by atoms with Gasteiger partial charge in [-0.25, -0.2) is 9.97 Å². The van der Waals surface area contributed by atoms with Crippen LogP contribution in [0.2, 0.25) is 0 Å². The van der Waals surface area contributed by atoms with Crippen LogP contribution in [0, 0.1) is 0 Å². The van der Waals surface area contributed by atoms with Crippen molar-refractivity contribution >= 4 is 34.7 Å². The van der Waals surface area contributed by atoms with Gasteiger partial charge in [-0.05, 0) is 30.9 Å². The number of rotatable bonds is 9. The normalized spacial score (nSPS) is 16.8. The molecule has 1 aliphatic carbocycles. The van der Waals surface area contributed by atoms with E-state index >= 15 is 0 Å². The van der Waals surface area contributed by atoms with Gasteiger partial charge < -0.3 is 24.7 Å². The highest BCUT2D eigenvalue weighted by molar-refractivity contribution is 5.87. The molecule has 1 aromatic carbocycles. The van der Waals surface area contributed by atoms with E-state index in [2.05, 4.69) is 64.3 Å². The summed E-state index contributed by atoms with van der Waals surface area (Å²) in [7, 11) is 1.93. The number of carbonyl (C=O) groups is 1. The third kappa shape index (κ3) is 6.42. The van der Waals surface area contributed by atoms with E-state index in [9.17, 15) is 4.79 Å². The Morgan fingerprint density at radius 2 is 1.84 bits per heavy atom. The van der Waals surface area contributed by atoms with Crippen LogP contribution in [0.25, 0.3) is 11.2 Å². The Labute approximate surface area is 256 Å². The molecular weight excluding hydrogens is 556 g/mol. The highest BCUT2D eigenvalue weighted by Gasteiger charge is 2.34. The van der Waals surface area contributed by atoms with Gasteiger partial charge in [0, 0.05) is 49.5 Å². The number of fused-ring (bicyclic) bond motifs is 1. The van der Waals surface area contributed by atoms with E-state index in [1.54, 1.807) is 24.5 Å². The van der Waals surface area contributed by atoms with Gasteiger partial charge in [0.1, 0.15) is 17.3 Å². The average molecular weight is 595 g/mol. The Hall–Kier alpha value is -4.77. The molecular formula is C33H38N8O3. The summed E-state index contributed by atoms with van der Waals surface area (Å²) in [5.41, 5.74) is 3.57. The number of anilines is 3. The molecule has 5 aromatic rings. The van der Waals surface area contributed by atoms with Gasteiger partial charge in [-0.3, -0.25) is 9.48 Å². The van der Waals surface area contributed by atoms with E-state index in [1.165, 1.54) is 12.5 Å². The number of aromatic nitrogens is 6. The first-order valence-electron chi connectivity index (χ1n) is 14.9. The molecule has 0 bridgehead atoms. The molecule has 228 valence electrons. The van der Waals surface area contributed by atoms with E-state index in [4.69, 9.17) is 19.6 Å². The van der Waals surface area contributed by atoms with Crippen molar-refractivity contribution < 1.29 is 14.3 Å². The number of benzene rings is 1. The van der Waals surface area contributed by atoms with Gasteiger partial charge in [-0.1, -0.05) is 51.1 Å². The average Bonchev–Trinajstić information content (AvgIpc) is 3.70. The van der Waals surface area contributed by atoms with Gasteiger partial charge in [-0.15, -0.1) is 0 Å². The molecule has 11 heteroatoms. The second-order valence-corrected chi connectivity index (χ2v) is 12.2. The predicted octanol–water partition coefficient (Wildman–Crippen LogP) is 6.66. The lowest BCUT2D eigenvalue weighted by molar-refractivity contribution is -0.114. The largest absolute Gasteiger partial charge is 0.455 e. The number of aryl methyl sites for hydroxylation is 1.